The molecule has 0 aliphatic rings. The molecule has 0 aliphatic carbocycles. The van der Waals surface area contributed by atoms with Crippen molar-refractivity contribution in [3.8, 4) is 0 Å². The average Bonchev–Trinajstić information content (AvgIpc) is 3.05. The lowest BCUT2D eigenvalue weighted by atomic mass is 10.0. The van der Waals surface area contributed by atoms with Gasteiger partial charge in [0.15, 0.2) is 0 Å². The summed E-state index contributed by atoms with van der Waals surface area (Å²) in [5, 5.41) is 21.7. The fourth-order valence-corrected chi connectivity index (χ4v) is 2.46. The van der Waals surface area contributed by atoms with Crippen molar-refractivity contribution in [3.05, 3.63) is 47.8 Å². The van der Waals surface area contributed by atoms with Crippen molar-refractivity contribution in [2.45, 2.75) is 39.4 Å². The number of benzene rings is 1. The van der Waals surface area contributed by atoms with Gasteiger partial charge in [0.1, 0.15) is 18.3 Å². The molecule has 9 heteroatoms. The van der Waals surface area contributed by atoms with Crippen LogP contribution < -0.4 is 10.6 Å². The molecule has 3 N–H and O–H groups in total. The number of carboxylic acids is 1. The maximum absolute atomic E-state index is 12.5. The highest BCUT2D eigenvalue weighted by atomic mass is 16.4. The van der Waals surface area contributed by atoms with Crippen LogP contribution in [0.15, 0.2) is 36.5 Å². The number of hydrogen-bond acceptors (Lipinski definition) is 5. The third-order valence-electron chi connectivity index (χ3n) is 3.80. The second kappa shape index (κ2) is 9.46. The monoisotopic (exact) mass is 373 g/mol. The fraction of sp³-hybridized carbons (Fsp3) is 0.389. The first-order chi connectivity index (χ1) is 12.8. The Hall–Kier alpha value is -3.23. The fourth-order valence-electron chi connectivity index (χ4n) is 2.46. The number of rotatable bonds is 9. The van der Waals surface area contributed by atoms with Gasteiger partial charge in [-0.3, -0.25) is 14.4 Å². The minimum absolute atomic E-state index is 0.0935. The molecule has 1 aromatic heterocycles. The van der Waals surface area contributed by atoms with E-state index >= 15 is 0 Å². The highest BCUT2D eigenvalue weighted by molar-refractivity contribution is 5.88. The van der Waals surface area contributed by atoms with E-state index in [-0.39, 0.29) is 37.2 Å². The molecule has 0 fully saturated rings. The summed E-state index contributed by atoms with van der Waals surface area (Å²) >= 11 is 0. The maximum atomic E-state index is 12.5. The second-order valence-electron chi connectivity index (χ2n) is 6.47. The molecule has 144 valence electrons. The van der Waals surface area contributed by atoms with Crippen molar-refractivity contribution in [1.29, 1.82) is 0 Å². The van der Waals surface area contributed by atoms with Gasteiger partial charge in [0.05, 0.1) is 19.2 Å². The summed E-state index contributed by atoms with van der Waals surface area (Å²) < 4.78 is 1.17. The van der Waals surface area contributed by atoms with Crippen LogP contribution in [-0.4, -0.2) is 43.9 Å². The number of aliphatic carboxylic acids is 1. The van der Waals surface area contributed by atoms with Crippen LogP contribution in [0.1, 0.15) is 25.1 Å². The van der Waals surface area contributed by atoms with Crippen LogP contribution >= 0.6 is 0 Å². The summed E-state index contributed by atoms with van der Waals surface area (Å²) in [5.74, 6) is -1.70. The number of carbonyl (C=O) groups is 3. The number of carboxylic acid groups (broad SMARTS) is 1. The molecule has 27 heavy (non-hydrogen) atoms. The van der Waals surface area contributed by atoms with Crippen LogP contribution in [0.2, 0.25) is 0 Å². The lowest BCUT2D eigenvalue weighted by Crippen LogP contribution is -2.49. The Morgan fingerprint density at radius 2 is 1.89 bits per heavy atom. The van der Waals surface area contributed by atoms with Crippen molar-refractivity contribution in [2.75, 3.05) is 0 Å². The lowest BCUT2D eigenvalue weighted by Gasteiger charge is -2.21. The Morgan fingerprint density at radius 3 is 2.52 bits per heavy atom. The van der Waals surface area contributed by atoms with Crippen molar-refractivity contribution < 1.29 is 19.5 Å². The van der Waals surface area contributed by atoms with Gasteiger partial charge in [0.25, 0.3) is 0 Å². The summed E-state index contributed by atoms with van der Waals surface area (Å²) in [4.78, 5) is 35.3. The molecule has 0 saturated carbocycles. The molecular weight excluding hydrogens is 350 g/mol. The topological polar surface area (TPSA) is 126 Å². The van der Waals surface area contributed by atoms with Gasteiger partial charge < -0.3 is 15.7 Å². The van der Waals surface area contributed by atoms with Gasteiger partial charge in [0.2, 0.25) is 11.8 Å². The maximum Gasteiger partial charge on any atom is 0.325 e. The quantitative estimate of drug-likeness (QED) is 0.583. The first kappa shape index (κ1) is 20.1. The van der Waals surface area contributed by atoms with Gasteiger partial charge >= 0.3 is 5.97 Å². The number of hydrogen-bond donors (Lipinski definition) is 3. The van der Waals surface area contributed by atoms with E-state index in [1.807, 2.05) is 44.2 Å². The Bertz CT molecular complexity index is 788. The Balaban J connectivity index is 1.89. The Morgan fingerprint density at radius 1 is 1.19 bits per heavy atom. The number of amides is 2. The van der Waals surface area contributed by atoms with Gasteiger partial charge in [0, 0.05) is 0 Å². The molecule has 2 rings (SSSR count). The number of nitrogens with one attached hydrogen (secondary N) is 2. The molecule has 2 aromatic rings. The van der Waals surface area contributed by atoms with Crippen LogP contribution in [0.3, 0.4) is 0 Å². The zero-order valence-electron chi connectivity index (χ0n) is 15.3. The predicted molar refractivity (Wildman–Crippen MR) is 96.4 cm³/mol. The molecule has 9 nitrogen and oxygen atoms in total. The largest absolute Gasteiger partial charge is 0.480 e. The lowest BCUT2D eigenvalue weighted by molar-refractivity contribution is -0.138. The van der Waals surface area contributed by atoms with Crippen LogP contribution in [-0.2, 0) is 33.9 Å². The van der Waals surface area contributed by atoms with Gasteiger partial charge in [-0.25, -0.2) is 4.68 Å². The van der Waals surface area contributed by atoms with Crippen LogP contribution in [0.4, 0.5) is 0 Å². The Kier molecular flexibility index (Phi) is 7.04. The number of nitrogens with zero attached hydrogens (tertiary/aromatic N) is 3. The smallest absolute Gasteiger partial charge is 0.325 e. The molecule has 0 spiro atoms. The average molecular weight is 373 g/mol. The normalized spacial score (nSPS) is 11.8. The van der Waals surface area contributed by atoms with E-state index in [0.717, 1.165) is 5.56 Å². The molecule has 0 saturated heterocycles. The summed E-state index contributed by atoms with van der Waals surface area (Å²) in [5.41, 5.74) is 1.30. The molecule has 2 amide bonds. The van der Waals surface area contributed by atoms with Crippen molar-refractivity contribution >= 4 is 17.8 Å². The second-order valence-corrected chi connectivity index (χ2v) is 6.47. The number of aromatic nitrogens is 3. The molecular formula is C18H23N5O4. The van der Waals surface area contributed by atoms with Crippen molar-refractivity contribution in [3.63, 3.8) is 0 Å². The van der Waals surface area contributed by atoms with E-state index in [2.05, 4.69) is 20.9 Å². The molecule has 0 bridgehead atoms. The summed E-state index contributed by atoms with van der Waals surface area (Å²) in [6, 6.07) is 8.60. The third-order valence-corrected chi connectivity index (χ3v) is 3.80. The number of carbonyl (C=O) groups excluding carboxylic acids is 2. The Labute approximate surface area is 156 Å². The first-order valence-electron chi connectivity index (χ1n) is 8.57. The zero-order chi connectivity index (χ0) is 19.8. The van der Waals surface area contributed by atoms with Crippen molar-refractivity contribution in [1.82, 2.24) is 25.6 Å². The van der Waals surface area contributed by atoms with E-state index in [1.165, 1.54) is 10.9 Å². The van der Waals surface area contributed by atoms with Gasteiger partial charge in [-0.1, -0.05) is 49.4 Å². The van der Waals surface area contributed by atoms with Crippen LogP contribution in [0.25, 0.3) is 0 Å². The molecule has 1 unspecified atom stereocenters. The van der Waals surface area contributed by atoms with E-state index in [9.17, 15) is 14.4 Å². The predicted octanol–water partition coefficient (Wildman–Crippen LogP) is 0.362. The minimum atomic E-state index is -1.03. The van der Waals surface area contributed by atoms with E-state index < -0.39 is 12.0 Å². The SMILES string of the molecule is CC(C)C(NC(=O)Cc1ccccc1)C(=O)NCc1cn(CC(=O)O)nn1. The molecule has 0 aliphatic heterocycles. The zero-order valence-corrected chi connectivity index (χ0v) is 15.3. The van der Waals surface area contributed by atoms with E-state index in [0.29, 0.717) is 5.69 Å². The van der Waals surface area contributed by atoms with Crippen molar-refractivity contribution in [2.24, 2.45) is 5.92 Å². The van der Waals surface area contributed by atoms with E-state index in [1.54, 1.807) is 0 Å². The molecule has 0 radical (unpaired) electrons. The van der Waals surface area contributed by atoms with Crippen LogP contribution in [0.5, 0.6) is 0 Å². The van der Waals surface area contributed by atoms with E-state index in [4.69, 9.17) is 5.11 Å². The summed E-state index contributed by atoms with van der Waals surface area (Å²) in [6.45, 7) is 3.48. The summed E-state index contributed by atoms with van der Waals surface area (Å²) in [7, 11) is 0. The van der Waals surface area contributed by atoms with Gasteiger partial charge in [-0.05, 0) is 11.5 Å². The van der Waals surface area contributed by atoms with Crippen LogP contribution in [0, 0.1) is 5.92 Å². The van der Waals surface area contributed by atoms with Gasteiger partial charge in [-0.15, -0.1) is 5.10 Å². The minimum Gasteiger partial charge on any atom is -0.480 e. The first-order valence-corrected chi connectivity index (χ1v) is 8.57. The molecule has 1 heterocycles. The third kappa shape index (κ3) is 6.53. The highest BCUT2D eigenvalue weighted by Gasteiger charge is 2.24. The summed E-state index contributed by atoms with van der Waals surface area (Å²) in [6.07, 6.45) is 1.65. The standard InChI is InChI=1S/C18H23N5O4/c1-12(2)17(20-15(24)8-13-6-4-3-5-7-13)18(27)19-9-14-10-23(22-21-14)11-16(25)26/h3-7,10,12,17H,8-9,11H2,1-2H3,(H,19,27)(H,20,24)(H,25,26). The highest BCUT2D eigenvalue weighted by Crippen LogP contribution is 2.05. The molecule has 1 aromatic carbocycles. The molecule has 1 atom stereocenters. The van der Waals surface area contributed by atoms with Gasteiger partial charge in [-0.2, -0.15) is 0 Å².